The van der Waals surface area contributed by atoms with Gasteiger partial charge < -0.3 is 5.11 Å². The average Bonchev–Trinajstić information content (AvgIpc) is 2.42. The van der Waals surface area contributed by atoms with Crippen LogP contribution in [-0.4, -0.2) is 11.7 Å². The lowest BCUT2D eigenvalue weighted by Gasteiger charge is -2.28. The first-order valence-electron chi connectivity index (χ1n) is 6.36. The second-order valence-electron chi connectivity index (χ2n) is 5.25. The van der Waals surface area contributed by atoms with E-state index in [-0.39, 0.29) is 12.0 Å². The van der Waals surface area contributed by atoms with Gasteiger partial charge in [0.25, 0.3) is 0 Å². The van der Waals surface area contributed by atoms with Crippen molar-refractivity contribution in [2.24, 2.45) is 0 Å². The number of aliphatic hydroxyl groups excluding tert-OH is 1. The number of rotatable bonds is 4. The normalized spacial score (nSPS) is 14.2. The fourth-order valence-electron chi connectivity index (χ4n) is 2.25. The molecule has 1 N–H and O–H groups in total. The molecule has 0 aliphatic heterocycles. The van der Waals surface area contributed by atoms with Crippen LogP contribution in [0.2, 0.25) is 0 Å². The molecule has 2 aromatic carbocycles. The van der Waals surface area contributed by atoms with Gasteiger partial charge in [-0.2, -0.15) is 0 Å². The minimum Gasteiger partial charge on any atom is -0.395 e. The zero-order chi connectivity index (χ0) is 13.0. The quantitative estimate of drug-likeness (QED) is 0.867. The Balaban J connectivity index is 2.26. The second kappa shape index (κ2) is 5.36. The Hall–Kier alpha value is -1.60. The Morgan fingerprint density at radius 1 is 0.944 bits per heavy atom. The molecule has 0 aliphatic carbocycles. The smallest absolute Gasteiger partial charge is 0.0528 e. The van der Waals surface area contributed by atoms with Gasteiger partial charge in [-0.25, -0.2) is 0 Å². The molecule has 1 atom stereocenters. The summed E-state index contributed by atoms with van der Waals surface area (Å²) in [5.41, 5.74) is 3.51. The van der Waals surface area contributed by atoms with E-state index >= 15 is 0 Å². The van der Waals surface area contributed by atoms with Gasteiger partial charge >= 0.3 is 0 Å². The lowest BCUT2D eigenvalue weighted by atomic mass is 9.78. The Morgan fingerprint density at radius 3 is 2.11 bits per heavy atom. The van der Waals surface area contributed by atoms with Gasteiger partial charge in [0.2, 0.25) is 0 Å². The lowest BCUT2D eigenvalue weighted by Crippen LogP contribution is -2.29. The Kier molecular flexibility index (Phi) is 3.83. The third kappa shape index (κ3) is 2.80. The highest BCUT2D eigenvalue weighted by Gasteiger charge is 2.25. The van der Waals surface area contributed by atoms with Crippen LogP contribution >= 0.6 is 0 Å². The van der Waals surface area contributed by atoms with E-state index in [9.17, 15) is 5.11 Å². The van der Waals surface area contributed by atoms with Crippen molar-refractivity contribution >= 4 is 0 Å². The first-order chi connectivity index (χ1) is 8.64. The summed E-state index contributed by atoms with van der Waals surface area (Å²) in [6, 6.07) is 18.8. The predicted octanol–water partition coefficient (Wildman–Crippen LogP) is 3.49. The molecule has 2 aromatic rings. The standard InChI is InChI=1S/C17H20O/c1-14-8-10-15(11-9-14)12-17(2,13-18)16-6-4-3-5-7-16/h3-11,18H,12-13H2,1-2H3. The molecule has 2 rings (SSSR count). The molecule has 18 heavy (non-hydrogen) atoms. The minimum atomic E-state index is -0.212. The van der Waals surface area contributed by atoms with Gasteiger partial charge in [0.05, 0.1) is 6.61 Å². The number of hydrogen-bond donors (Lipinski definition) is 1. The third-order valence-electron chi connectivity index (χ3n) is 3.53. The largest absolute Gasteiger partial charge is 0.395 e. The minimum absolute atomic E-state index is 0.158. The average molecular weight is 240 g/mol. The SMILES string of the molecule is Cc1ccc(CC(C)(CO)c2ccccc2)cc1. The molecule has 0 aromatic heterocycles. The van der Waals surface area contributed by atoms with Crippen molar-refractivity contribution in [1.29, 1.82) is 0 Å². The van der Waals surface area contributed by atoms with Crippen molar-refractivity contribution in [1.82, 2.24) is 0 Å². The Bertz CT molecular complexity index is 487. The number of aliphatic hydroxyl groups is 1. The maximum atomic E-state index is 9.75. The van der Waals surface area contributed by atoms with E-state index in [1.165, 1.54) is 16.7 Å². The number of aryl methyl sites for hydroxylation is 1. The van der Waals surface area contributed by atoms with Crippen molar-refractivity contribution in [3.8, 4) is 0 Å². The fourth-order valence-corrected chi connectivity index (χ4v) is 2.25. The van der Waals surface area contributed by atoms with Crippen LogP contribution in [0.4, 0.5) is 0 Å². The van der Waals surface area contributed by atoms with Crippen LogP contribution in [0.15, 0.2) is 54.6 Å². The van der Waals surface area contributed by atoms with Crippen molar-refractivity contribution in [3.63, 3.8) is 0 Å². The summed E-state index contributed by atoms with van der Waals surface area (Å²) in [5, 5.41) is 9.75. The summed E-state index contributed by atoms with van der Waals surface area (Å²) >= 11 is 0. The molecular weight excluding hydrogens is 220 g/mol. The van der Waals surface area contributed by atoms with Gasteiger partial charge in [0.1, 0.15) is 0 Å². The summed E-state index contributed by atoms with van der Waals surface area (Å²) in [7, 11) is 0. The summed E-state index contributed by atoms with van der Waals surface area (Å²) in [5.74, 6) is 0. The van der Waals surface area contributed by atoms with Crippen molar-refractivity contribution in [3.05, 3.63) is 71.3 Å². The summed E-state index contributed by atoms with van der Waals surface area (Å²) in [4.78, 5) is 0. The first-order valence-corrected chi connectivity index (χ1v) is 6.36. The first kappa shape index (κ1) is 12.8. The van der Waals surface area contributed by atoms with E-state index in [2.05, 4.69) is 50.2 Å². The zero-order valence-electron chi connectivity index (χ0n) is 11.1. The Labute approximate surface area is 109 Å². The molecule has 0 saturated heterocycles. The molecule has 0 spiro atoms. The van der Waals surface area contributed by atoms with Crippen LogP contribution in [0.1, 0.15) is 23.6 Å². The van der Waals surface area contributed by atoms with E-state index in [1.54, 1.807) is 0 Å². The molecule has 0 radical (unpaired) electrons. The molecule has 0 heterocycles. The molecule has 0 saturated carbocycles. The van der Waals surface area contributed by atoms with Gasteiger partial charge in [-0.05, 0) is 24.5 Å². The molecular formula is C17H20O. The van der Waals surface area contributed by atoms with Crippen molar-refractivity contribution in [2.75, 3.05) is 6.61 Å². The summed E-state index contributed by atoms with van der Waals surface area (Å²) in [6.07, 6.45) is 0.855. The van der Waals surface area contributed by atoms with Crippen LogP contribution < -0.4 is 0 Å². The van der Waals surface area contributed by atoms with Gasteiger partial charge in [0, 0.05) is 5.41 Å². The van der Waals surface area contributed by atoms with Crippen molar-refractivity contribution < 1.29 is 5.11 Å². The van der Waals surface area contributed by atoms with Crippen LogP contribution in [0.25, 0.3) is 0 Å². The number of hydrogen-bond acceptors (Lipinski definition) is 1. The van der Waals surface area contributed by atoms with Crippen LogP contribution in [-0.2, 0) is 11.8 Å². The van der Waals surface area contributed by atoms with Crippen molar-refractivity contribution in [2.45, 2.75) is 25.7 Å². The maximum Gasteiger partial charge on any atom is 0.0528 e. The molecule has 94 valence electrons. The highest BCUT2D eigenvalue weighted by molar-refractivity contribution is 5.30. The van der Waals surface area contributed by atoms with E-state index in [4.69, 9.17) is 0 Å². The summed E-state index contributed by atoms with van der Waals surface area (Å²) < 4.78 is 0. The van der Waals surface area contributed by atoms with E-state index in [0.29, 0.717) is 0 Å². The highest BCUT2D eigenvalue weighted by atomic mass is 16.3. The van der Waals surface area contributed by atoms with Gasteiger partial charge in [-0.3, -0.25) is 0 Å². The lowest BCUT2D eigenvalue weighted by molar-refractivity contribution is 0.204. The van der Waals surface area contributed by atoms with E-state index < -0.39 is 0 Å². The third-order valence-corrected chi connectivity index (χ3v) is 3.53. The molecule has 1 heteroatoms. The molecule has 0 amide bonds. The van der Waals surface area contributed by atoms with E-state index in [1.807, 2.05) is 18.2 Å². The number of benzene rings is 2. The summed E-state index contributed by atoms with van der Waals surface area (Å²) in [6.45, 7) is 4.36. The highest BCUT2D eigenvalue weighted by Crippen LogP contribution is 2.27. The molecule has 0 bridgehead atoms. The molecule has 0 aliphatic rings. The fraction of sp³-hybridized carbons (Fsp3) is 0.294. The molecule has 1 nitrogen and oxygen atoms in total. The second-order valence-corrected chi connectivity index (χ2v) is 5.25. The topological polar surface area (TPSA) is 20.2 Å². The van der Waals surface area contributed by atoms with E-state index in [0.717, 1.165) is 6.42 Å². The monoisotopic (exact) mass is 240 g/mol. The van der Waals surface area contributed by atoms with Crippen LogP contribution in [0.5, 0.6) is 0 Å². The zero-order valence-corrected chi connectivity index (χ0v) is 11.1. The van der Waals surface area contributed by atoms with Crippen LogP contribution in [0.3, 0.4) is 0 Å². The predicted molar refractivity (Wildman–Crippen MR) is 75.8 cm³/mol. The Morgan fingerprint density at radius 2 is 1.56 bits per heavy atom. The molecule has 1 unspecified atom stereocenters. The maximum absolute atomic E-state index is 9.75. The van der Waals surface area contributed by atoms with Gasteiger partial charge in [-0.15, -0.1) is 0 Å². The van der Waals surface area contributed by atoms with Crippen LogP contribution in [0, 0.1) is 6.92 Å². The molecule has 0 fully saturated rings. The van der Waals surface area contributed by atoms with Gasteiger partial charge in [0.15, 0.2) is 0 Å². The van der Waals surface area contributed by atoms with Gasteiger partial charge in [-0.1, -0.05) is 67.1 Å².